The zero-order chi connectivity index (χ0) is 17.8. The molecule has 0 bridgehead atoms. The van der Waals surface area contributed by atoms with Crippen LogP contribution in [0.4, 0.5) is 4.79 Å². The van der Waals surface area contributed by atoms with Gasteiger partial charge in [0.2, 0.25) is 6.23 Å². The molecule has 0 aromatic heterocycles. The molecule has 0 radical (unpaired) electrons. The second-order valence-electron chi connectivity index (χ2n) is 6.38. The molecular formula is C19H22ClN3O2. The summed E-state index contributed by atoms with van der Waals surface area (Å²) in [5, 5.41) is 4.76. The van der Waals surface area contributed by atoms with Crippen LogP contribution < -0.4 is 0 Å². The Balaban J connectivity index is 1.65. The minimum absolute atomic E-state index is 0.000186. The zero-order valence-electron chi connectivity index (χ0n) is 14.5. The van der Waals surface area contributed by atoms with E-state index in [2.05, 4.69) is 23.9 Å². The number of fused-ring (bicyclic) bond motifs is 1. The summed E-state index contributed by atoms with van der Waals surface area (Å²) in [6.45, 7) is 3.54. The van der Waals surface area contributed by atoms with Gasteiger partial charge in [0.15, 0.2) is 0 Å². The number of likely N-dealkylation sites (tertiary alicyclic amines) is 1. The first-order valence-electron chi connectivity index (χ1n) is 8.63. The molecule has 2 atom stereocenters. The van der Waals surface area contributed by atoms with E-state index >= 15 is 0 Å². The smallest absolute Gasteiger partial charge is 0.322 e. The van der Waals surface area contributed by atoms with Crippen LogP contribution in [-0.2, 0) is 4.84 Å². The lowest BCUT2D eigenvalue weighted by Crippen LogP contribution is -2.45. The number of nitrogens with zero attached hydrogens (tertiary/aromatic N) is 3. The van der Waals surface area contributed by atoms with Crippen LogP contribution >= 0.6 is 11.6 Å². The van der Waals surface area contributed by atoms with Gasteiger partial charge >= 0.3 is 6.03 Å². The number of oxime groups is 1. The maximum atomic E-state index is 12.6. The lowest BCUT2D eigenvalue weighted by molar-refractivity contribution is -0.0125. The fourth-order valence-corrected chi connectivity index (χ4v) is 3.27. The molecule has 25 heavy (non-hydrogen) atoms. The zero-order valence-corrected chi connectivity index (χ0v) is 15.3. The number of hydrogen-bond acceptors (Lipinski definition) is 3. The molecule has 132 valence electrons. The van der Waals surface area contributed by atoms with Gasteiger partial charge in [-0.1, -0.05) is 42.1 Å². The first kappa shape index (κ1) is 17.6. The number of unbranched alkanes of at least 4 members (excludes halogenated alkanes) is 1. The first-order chi connectivity index (χ1) is 12.1. The van der Waals surface area contributed by atoms with Crippen molar-refractivity contribution in [3.63, 3.8) is 0 Å². The number of carbonyl (C=O) groups excluding carboxylic acids is 1. The van der Waals surface area contributed by atoms with Gasteiger partial charge in [-0.05, 0) is 37.0 Å². The highest BCUT2D eigenvalue weighted by atomic mass is 35.5. The van der Waals surface area contributed by atoms with Gasteiger partial charge in [0, 0.05) is 30.7 Å². The third kappa shape index (κ3) is 3.91. The summed E-state index contributed by atoms with van der Waals surface area (Å²) in [5.74, 6) is 6.21. The Kier molecular flexibility index (Phi) is 5.50. The lowest BCUT2D eigenvalue weighted by atomic mass is 10.0. The Hall–Kier alpha value is -2.19. The fraction of sp³-hybridized carbons (Fsp3) is 0.474. The molecule has 0 N–H and O–H groups in total. The Labute approximate surface area is 153 Å². The number of urea groups is 1. The van der Waals surface area contributed by atoms with Crippen molar-refractivity contribution in [2.24, 2.45) is 11.1 Å². The molecule has 0 spiro atoms. The molecule has 3 rings (SSSR count). The maximum Gasteiger partial charge on any atom is 0.322 e. The highest BCUT2D eigenvalue weighted by Crippen LogP contribution is 2.32. The van der Waals surface area contributed by atoms with Gasteiger partial charge in [-0.2, -0.15) is 0 Å². The summed E-state index contributed by atoms with van der Waals surface area (Å²) in [4.78, 5) is 21.6. The highest BCUT2D eigenvalue weighted by molar-refractivity contribution is 6.30. The van der Waals surface area contributed by atoms with E-state index in [0.717, 1.165) is 31.4 Å². The van der Waals surface area contributed by atoms with E-state index in [1.807, 2.05) is 31.3 Å². The van der Waals surface area contributed by atoms with Crippen molar-refractivity contribution in [3.05, 3.63) is 34.9 Å². The van der Waals surface area contributed by atoms with Crippen molar-refractivity contribution in [3.8, 4) is 11.8 Å². The topological polar surface area (TPSA) is 45.1 Å². The van der Waals surface area contributed by atoms with Crippen LogP contribution in [0.5, 0.6) is 0 Å². The van der Waals surface area contributed by atoms with Crippen molar-refractivity contribution in [2.75, 3.05) is 20.1 Å². The molecule has 1 saturated heterocycles. The molecule has 2 heterocycles. The standard InChI is InChI=1S/C19H22ClN3O2/c1-3-4-11-22(2)19(24)23-12-10-16-17(21-25-18(16)23)9-8-14-6-5-7-15(20)13-14/h5-7,13,16,18H,3-4,10-12H2,1-2H3. The molecule has 0 saturated carbocycles. The molecule has 1 fully saturated rings. The van der Waals surface area contributed by atoms with Crippen LogP contribution in [-0.4, -0.2) is 47.9 Å². The van der Waals surface area contributed by atoms with Crippen LogP contribution in [0.2, 0.25) is 5.02 Å². The number of benzene rings is 1. The van der Waals surface area contributed by atoms with Gasteiger partial charge < -0.3 is 9.74 Å². The summed E-state index contributed by atoms with van der Waals surface area (Å²) in [6.07, 6.45) is 2.55. The lowest BCUT2D eigenvalue weighted by Gasteiger charge is -2.27. The maximum absolute atomic E-state index is 12.6. The predicted octanol–water partition coefficient (Wildman–Crippen LogP) is 3.58. The van der Waals surface area contributed by atoms with Crippen LogP contribution in [0, 0.1) is 17.8 Å². The Bertz CT molecular complexity index is 738. The van der Waals surface area contributed by atoms with Crippen LogP contribution in [0.15, 0.2) is 29.4 Å². The summed E-state index contributed by atoms with van der Waals surface area (Å²) >= 11 is 5.98. The first-order valence-corrected chi connectivity index (χ1v) is 9.01. The third-order valence-electron chi connectivity index (χ3n) is 4.52. The van der Waals surface area contributed by atoms with E-state index in [1.54, 1.807) is 9.80 Å². The largest absolute Gasteiger partial charge is 0.369 e. The van der Waals surface area contributed by atoms with E-state index < -0.39 is 0 Å². The van der Waals surface area contributed by atoms with E-state index in [4.69, 9.17) is 16.4 Å². The van der Waals surface area contributed by atoms with Crippen molar-refractivity contribution < 1.29 is 9.63 Å². The summed E-state index contributed by atoms with van der Waals surface area (Å²) in [7, 11) is 1.83. The molecule has 2 aliphatic rings. The minimum Gasteiger partial charge on any atom is -0.369 e. The van der Waals surface area contributed by atoms with Gasteiger partial charge in [-0.15, -0.1) is 0 Å². The van der Waals surface area contributed by atoms with E-state index in [1.165, 1.54) is 0 Å². The Morgan fingerprint density at radius 2 is 2.32 bits per heavy atom. The van der Waals surface area contributed by atoms with Gasteiger partial charge in [0.1, 0.15) is 5.71 Å². The molecule has 1 aromatic rings. The molecule has 2 unspecified atom stereocenters. The van der Waals surface area contributed by atoms with Gasteiger partial charge in [0.25, 0.3) is 0 Å². The van der Waals surface area contributed by atoms with Gasteiger partial charge in [-0.25, -0.2) is 4.79 Å². The van der Waals surface area contributed by atoms with Crippen LogP contribution in [0.1, 0.15) is 31.7 Å². The van der Waals surface area contributed by atoms with Crippen molar-refractivity contribution in [1.29, 1.82) is 0 Å². The quantitative estimate of drug-likeness (QED) is 0.774. The summed E-state index contributed by atoms with van der Waals surface area (Å²) in [6, 6.07) is 7.40. The second-order valence-corrected chi connectivity index (χ2v) is 6.82. The molecule has 2 amide bonds. The average Bonchev–Trinajstić information content (AvgIpc) is 3.19. The second kappa shape index (κ2) is 7.79. The average molecular weight is 360 g/mol. The molecule has 2 aliphatic heterocycles. The Morgan fingerprint density at radius 3 is 3.08 bits per heavy atom. The van der Waals surface area contributed by atoms with Crippen molar-refractivity contribution >= 4 is 23.3 Å². The molecule has 6 heteroatoms. The normalized spacial score (nSPS) is 21.1. The fourth-order valence-electron chi connectivity index (χ4n) is 3.08. The summed E-state index contributed by atoms with van der Waals surface area (Å²) < 4.78 is 0. The number of rotatable bonds is 3. The van der Waals surface area contributed by atoms with E-state index in [-0.39, 0.29) is 18.2 Å². The SMILES string of the molecule is CCCCN(C)C(=O)N1CCC2C(C#Cc3cccc(Cl)c3)=NOC21. The molecule has 5 nitrogen and oxygen atoms in total. The molecule has 1 aromatic carbocycles. The monoisotopic (exact) mass is 359 g/mol. The van der Waals surface area contributed by atoms with Gasteiger partial charge in [0.05, 0.1) is 5.92 Å². The predicted molar refractivity (Wildman–Crippen MR) is 98.4 cm³/mol. The van der Waals surface area contributed by atoms with E-state index in [9.17, 15) is 4.79 Å². The van der Waals surface area contributed by atoms with Gasteiger partial charge in [-0.3, -0.25) is 4.90 Å². The van der Waals surface area contributed by atoms with Crippen molar-refractivity contribution in [1.82, 2.24) is 9.80 Å². The number of carbonyl (C=O) groups is 1. The third-order valence-corrected chi connectivity index (χ3v) is 4.76. The number of halogens is 1. The van der Waals surface area contributed by atoms with Crippen LogP contribution in [0.3, 0.4) is 0 Å². The van der Waals surface area contributed by atoms with Crippen molar-refractivity contribution in [2.45, 2.75) is 32.4 Å². The van der Waals surface area contributed by atoms with E-state index in [0.29, 0.717) is 17.3 Å². The molecule has 0 aliphatic carbocycles. The number of hydrogen-bond donors (Lipinski definition) is 0. The Morgan fingerprint density at radius 1 is 1.48 bits per heavy atom. The molecular weight excluding hydrogens is 338 g/mol. The highest BCUT2D eigenvalue weighted by Gasteiger charge is 2.46. The minimum atomic E-state index is -0.333. The van der Waals surface area contributed by atoms with Crippen LogP contribution in [0.25, 0.3) is 0 Å². The number of amides is 2. The summed E-state index contributed by atoms with van der Waals surface area (Å²) in [5.41, 5.74) is 1.54.